The Morgan fingerprint density at radius 2 is 1.66 bits per heavy atom. The molecule has 0 atom stereocenters. The van der Waals surface area contributed by atoms with Gasteiger partial charge in [0, 0.05) is 35.1 Å². The van der Waals surface area contributed by atoms with E-state index >= 15 is 0 Å². The van der Waals surface area contributed by atoms with Crippen LogP contribution in [0.3, 0.4) is 0 Å². The lowest BCUT2D eigenvalue weighted by molar-refractivity contribution is -0.659. The molecule has 1 aliphatic heterocycles. The summed E-state index contributed by atoms with van der Waals surface area (Å²) in [5.74, 6) is 1.20. The quantitative estimate of drug-likeness (QED) is 0.112. The van der Waals surface area contributed by atoms with E-state index in [1.54, 1.807) is 0 Å². The standard InChI is InChI=1S/C38H41N2S/c1-22(2)17-25-13-14-28-30(19-25)24(5)33-36-35-29(15-16-40(36)9)34-26(11-10-12-27(34)21-38(6,7)39-8)20-32(35)41-37(33)31(28)18-23(3)4/h10-16,19-20,22-23H,17-18,21H2,1-7,9H3/q+1. The molecule has 6 rings (SSSR count). The van der Waals surface area contributed by atoms with Crippen LogP contribution >= 0.6 is 11.8 Å². The van der Waals surface area contributed by atoms with Crippen molar-refractivity contribution in [1.82, 2.24) is 0 Å². The first-order chi connectivity index (χ1) is 19.5. The Balaban J connectivity index is 1.73. The molecule has 41 heavy (non-hydrogen) atoms. The van der Waals surface area contributed by atoms with Crippen LogP contribution in [-0.2, 0) is 26.3 Å². The third-order valence-electron chi connectivity index (χ3n) is 8.63. The summed E-state index contributed by atoms with van der Waals surface area (Å²) in [6.45, 7) is 23.5. The first-order valence-electron chi connectivity index (χ1n) is 15.0. The zero-order valence-electron chi connectivity index (χ0n) is 25.8. The van der Waals surface area contributed by atoms with Crippen molar-refractivity contribution in [2.75, 3.05) is 0 Å². The van der Waals surface area contributed by atoms with E-state index in [0.717, 1.165) is 19.3 Å². The van der Waals surface area contributed by atoms with Gasteiger partial charge >= 0.3 is 0 Å². The number of nitrogens with zero attached hydrogens (tertiary/aromatic N) is 2. The molecule has 4 aromatic carbocycles. The molecule has 2 nitrogen and oxygen atoms in total. The molecule has 1 aliphatic rings. The Bertz CT molecular complexity index is 1900. The molecule has 3 heteroatoms. The third kappa shape index (κ3) is 4.71. The van der Waals surface area contributed by atoms with Gasteiger partial charge in [-0.25, -0.2) is 11.1 Å². The highest BCUT2D eigenvalue weighted by Gasteiger charge is 2.33. The number of rotatable bonds is 6. The van der Waals surface area contributed by atoms with Gasteiger partial charge < -0.3 is 4.85 Å². The molecule has 1 aromatic heterocycles. The summed E-state index contributed by atoms with van der Waals surface area (Å²) in [6.07, 6.45) is 5.15. The van der Waals surface area contributed by atoms with Crippen molar-refractivity contribution in [2.45, 2.75) is 83.1 Å². The molecule has 0 saturated heterocycles. The maximum atomic E-state index is 7.77. The predicted octanol–water partition coefficient (Wildman–Crippen LogP) is 10.0. The van der Waals surface area contributed by atoms with Gasteiger partial charge in [-0.15, -0.1) is 0 Å². The molecule has 0 radical (unpaired) electrons. The summed E-state index contributed by atoms with van der Waals surface area (Å²) in [7, 11) is 2.21. The first kappa shape index (κ1) is 27.8. The van der Waals surface area contributed by atoms with Gasteiger partial charge in [-0.05, 0) is 81.5 Å². The van der Waals surface area contributed by atoms with E-state index in [-0.39, 0.29) is 0 Å². The smallest absolute Gasteiger partial charge is 0.231 e. The second kappa shape index (κ2) is 10.2. The molecule has 0 amide bonds. The molecule has 0 unspecified atom stereocenters. The van der Waals surface area contributed by atoms with Crippen molar-refractivity contribution in [3.05, 3.63) is 88.4 Å². The minimum Gasteiger partial charge on any atom is -0.311 e. The van der Waals surface area contributed by atoms with Crippen LogP contribution in [0.25, 0.3) is 48.4 Å². The Kier molecular flexibility index (Phi) is 6.90. The topological polar surface area (TPSA) is 8.24 Å². The number of fused-ring (bicyclic) bond motifs is 5. The fourth-order valence-electron chi connectivity index (χ4n) is 6.88. The highest BCUT2D eigenvalue weighted by molar-refractivity contribution is 8.00. The fourth-order valence-corrected chi connectivity index (χ4v) is 8.27. The lowest BCUT2D eigenvalue weighted by Gasteiger charge is -2.26. The lowest BCUT2D eigenvalue weighted by atomic mass is 9.85. The summed E-state index contributed by atoms with van der Waals surface area (Å²) in [5.41, 5.74) is 7.86. The van der Waals surface area contributed by atoms with E-state index in [9.17, 15) is 0 Å². The second-order valence-corrected chi connectivity index (χ2v) is 14.6. The van der Waals surface area contributed by atoms with Gasteiger partial charge in [0.05, 0.1) is 17.4 Å². The Morgan fingerprint density at radius 1 is 0.902 bits per heavy atom. The van der Waals surface area contributed by atoms with E-state index in [2.05, 4.69) is 106 Å². The third-order valence-corrected chi connectivity index (χ3v) is 9.83. The molecular formula is C38H41N2S+. The minimum atomic E-state index is -0.436. The molecule has 0 spiro atoms. The highest BCUT2D eigenvalue weighted by Crippen LogP contribution is 2.53. The predicted molar refractivity (Wildman–Crippen MR) is 176 cm³/mol. The zero-order chi connectivity index (χ0) is 29.2. The van der Waals surface area contributed by atoms with Gasteiger partial charge in [0.1, 0.15) is 7.05 Å². The highest BCUT2D eigenvalue weighted by atomic mass is 32.2. The van der Waals surface area contributed by atoms with Gasteiger partial charge in [0.15, 0.2) is 6.20 Å². The van der Waals surface area contributed by atoms with Crippen LogP contribution < -0.4 is 4.57 Å². The van der Waals surface area contributed by atoms with Crippen molar-refractivity contribution in [1.29, 1.82) is 0 Å². The van der Waals surface area contributed by atoms with Gasteiger partial charge in [-0.2, -0.15) is 0 Å². The van der Waals surface area contributed by atoms with Crippen LogP contribution in [0.4, 0.5) is 0 Å². The van der Waals surface area contributed by atoms with Gasteiger partial charge in [-0.3, -0.25) is 0 Å². The number of hydrogen-bond donors (Lipinski definition) is 0. The van der Waals surface area contributed by atoms with E-state index < -0.39 is 5.54 Å². The normalized spacial score (nSPS) is 13.0. The molecule has 0 N–H and O–H groups in total. The summed E-state index contributed by atoms with van der Waals surface area (Å²) in [6, 6.07) is 18.6. The summed E-state index contributed by atoms with van der Waals surface area (Å²) < 4.78 is 2.35. The lowest BCUT2D eigenvalue weighted by Crippen LogP contribution is -2.32. The van der Waals surface area contributed by atoms with Crippen molar-refractivity contribution >= 4 is 44.1 Å². The molecule has 5 aromatic rings. The summed E-state index contributed by atoms with van der Waals surface area (Å²) >= 11 is 1.97. The maximum Gasteiger partial charge on any atom is 0.231 e. The van der Waals surface area contributed by atoms with Gasteiger partial charge in [0.2, 0.25) is 11.2 Å². The average molecular weight is 558 g/mol. The van der Waals surface area contributed by atoms with Crippen molar-refractivity contribution in [2.24, 2.45) is 18.9 Å². The largest absolute Gasteiger partial charge is 0.311 e. The molecular weight excluding hydrogens is 516 g/mol. The number of benzene rings is 4. The summed E-state index contributed by atoms with van der Waals surface area (Å²) in [4.78, 5) is 6.72. The number of aromatic nitrogens is 1. The monoisotopic (exact) mass is 557 g/mol. The SMILES string of the molecule is [C-]#[N+]C(C)(C)Cc1cccc2cc3c4c([n+](C)ccc4c12)-c1c(c(CC(C)C)c2ccc(CC(C)C)cc2c1C)S3. The van der Waals surface area contributed by atoms with Crippen molar-refractivity contribution < 1.29 is 4.57 Å². The minimum absolute atomic E-state index is 0.436. The van der Waals surface area contributed by atoms with Gasteiger partial charge in [-0.1, -0.05) is 75.9 Å². The number of hydrogen-bond acceptors (Lipinski definition) is 1. The Labute approximate surface area is 249 Å². The second-order valence-electron chi connectivity index (χ2n) is 13.5. The fraction of sp³-hybridized carbons (Fsp3) is 0.368. The molecule has 0 saturated carbocycles. The van der Waals surface area contributed by atoms with Crippen LogP contribution in [0.5, 0.6) is 0 Å². The van der Waals surface area contributed by atoms with Crippen LogP contribution in [0.1, 0.15) is 63.8 Å². The zero-order valence-corrected chi connectivity index (χ0v) is 26.6. The number of pyridine rings is 1. The van der Waals surface area contributed by atoms with Gasteiger partial charge in [0.25, 0.3) is 0 Å². The molecule has 0 aliphatic carbocycles. The Hall–Kier alpha value is -3.35. The summed E-state index contributed by atoms with van der Waals surface area (Å²) in [5, 5.41) is 8.04. The van der Waals surface area contributed by atoms with Crippen LogP contribution in [0.15, 0.2) is 64.5 Å². The van der Waals surface area contributed by atoms with Crippen molar-refractivity contribution in [3.63, 3.8) is 0 Å². The first-order valence-corrected chi connectivity index (χ1v) is 15.8. The molecule has 2 heterocycles. The van der Waals surface area contributed by atoms with E-state index in [4.69, 9.17) is 6.57 Å². The van der Waals surface area contributed by atoms with Crippen LogP contribution in [0.2, 0.25) is 0 Å². The van der Waals surface area contributed by atoms with E-state index in [1.165, 1.54) is 75.6 Å². The Morgan fingerprint density at radius 3 is 2.37 bits per heavy atom. The van der Waals surface area contributed by atoms with E-state index in [0.29, 0.717) is 11.8 Å². The molecule has 0 bridgehead atoms. The maximum absolute atomic E-state index is 7.77. The molecule has 208 valence electrons. The van der Waals surface area contributed by atoms with Crippen LogP contribution in [-0.4, -0.2) is 5.54 Å². The molecule has 0 fully saturated rings. The average Bonchev–Trinajstić information content (AvgIpc) is 2.91. The van der Waals surface area contributed by atoms with E-state index in [1.807, 2.05) is 25.6 Å². The van der Waals surface area contributed by atoms with Crippen molar-refractivity contribution in [3.8, 4) is 11.3 Å². The number of aryl methyl sites for hydroxylation is 2. The van der Waals surface area contributed by atoms with Crippen LogP contribution in [0, 0.1) is 25.3 Å².